The Balaban J connectivity index is 0.000000423. The lowest BCUT2D eigenvalue weighted by atomic mass is 9.88. The molecule has 1 aromatic heterocycles. The average molecular weight is 438 g/mol. The fraction of sp³-hybridized carbons (Fsp3) is 0.409. The summed E-state index contributed by atoms with van der Waals surface area (Å²) in [7, 11) is 1.77. The van der Waals surface area contributed by atoms with Gasteiger partial charge in [-0.3, -0.25) is 9.78 Å². The number of hydrogen-bond donors (Lipinski definition) is 1. The largest absolute Gasteiger partial charge is 0.490 e. The molecule has 3 rings (SSSR count). The van der Waals surface area contributed by atoms with Gasteiger partial charge in [-0.1, -0.05) is 36.4 Å². The van der Waals surface area contributed by atoms with Gasteiger partial charge in [0.15, 0.2) is 0 Å². The summed E-state index contributed by atoms with van der Waals surface area (Å²) in [5.41, 5.74) is 2.12. The van der Waals surface area contributed by atoms with Crippen molar-refractivity contribution in [1.29, 1.82) is 0 Å². The van der Waals surface area contributed by atoms with Crippen molar-refractivity contribution in [3.05, 3.63) is 66.0 Å². The number of benzene rings is 1. The molecule has 6 nitrogen and oxygen atoms in total. The Morgan fingerprint density at radius 1 is 1.16 bits per heavy atom. The van der Waals surface area contributed by atoms with E-state index in [1.807, 2.05) is 29.2 Å². The number of methoxy groups -OCH3 is 1. The maximum Gasteiger partial charge on any atom is 0.490 e. The number of amides is 1. The first-order valence-corrected chi connectivity index (χ1v) is 9.75. The van der Waals surface area contributed by atoms with E-state index >= 15 is 0 Å². The monoisotopic (exact) mass is 438 g/mol. The molecule has 31 heavy (non-hydrogen) atoms. The number of carbonyl (C=O) groups excluding carboxylic acids is 1. The smallest absolute Gasteiger partial charge is 0.475 e. The summed E-state index contributed by atoms with van der Waals surface area (Å²) in [5, 5.41) is 7.12. The zero-order valence-corrected chi connectivity index (χ0v) is 17.1. The second kappa shape index (κ2) is 11.5. The van der Waals surface area contributed by atoms with Gasteiger partial charge in [0.25, 0.3) is 0 Å². The Morgan fingerprint density at radius 2 is 1.81 bits per heavy atom. The lowest BCUT2D eigenvalue weighted by Gasteiger charge is -2.38. The molecule has 9 heteroatoms. The van der Waals surface area contributed by atoms with Crippen molar-refractivity contribution in [2.45, 2.75) is 31.5 Å². The number of piperidine rings is 1. The number of likely N-dealkylation sites (tertiary alicyclic amines) is 1. The van der Waals surface area contributed by atoms with Crippen molar-refractivity contribution >= 4 is 11.9 Å². The molecule has 0 saturated carbocycles. The number of aliphatic carboxylic acids is 1. The van der Waals surface area contributed by atoms with Crippen molar-refractivity contribution in [3.63, 3.8) is 0 Å². The van der Waals surface area contributed by atoms with Crippen LogP contribution in [0.25, 0.3) is 0 Å². The standard InChI is InChI=1S/C20H24N2O2.C2HF3O2/c1-24-19-10-12-22(20(23)14-18-9-5-6-11-21-18)15-17(19)13-16-7-3-2-4-8-16;3-2(4,5)1(6)7/h2-9,11,17,19H,10,12-15H2,1H3;(H,6,7)/t17-,19-;/m0./s1. The second-order valence-corrected chi connectivity index (χ2v) is 7.15. The highest BCUT2D eigenvalue weighted by molar-refractivity contribution is 5.78. The average Bonchev–Trinajstić information content (AvgIpc) is 2.75. The molecule has 1 aromatic carbocycles. The Morgan fingerprint density at radius 3 is 2.35 bits per heavy atom. The molecule has 1 fully saturated rings. The fourth-order valence-corrected chi connectivity index (χ4v) is 3.43. The molecule has 1 saturated heterocycles. The van der Waals surface area contributed by atoms with E-state index < -0.39 is 12.1 Å². The van der Waals surface area contributed by atoms with E-state index in [4.69, 9.17) is 14.6 Å². The van der Waals surface area contributed by atoms with Crippen LogP contribution in [0, 0.1) is 5.92 Å². The van der Waals surface area contributed by atoms with Crippen LogP contribution in [0.15, 0.2) is 54.7 Å². The van der Waals surface area contributed by atoms with Gasteiger partial charge in [0.2, 0.25) is 5.91 Å². The minimum absolute atomic E-state index is 0.154. The molecule has 0 bridgehead atoms. The van der Waals surface area contributed by atoms with Gasteiger partial charge in [-0.15, -0.1) is 0 Å². The summed E-state index contributed by atoms with van der Waals surface area (Å²) in [6, 6.07) is 16.1. The number of ether oxygens (including phenoxy) is 1. The fourth-order valence-electron chi connectivity index (χ4n) is 3.43. The number of pyridine rings is 1. The summed E-state index contributed by atoms with van der Waals surface area (Å²) < 4.78 is 37.4. The van der Waals surface area contributed by atoms with Gasteiger partial charge < -0.3 is 14.7 Å². The van der Waals surface area contributed by atoms with Crippen LogP contribution in [0.4, 0.5) is 13.2 Å². The Labute approximate surface area is 178 Å². The second-order valence-electron chi connectivity index (χ2n) is 7.15. The summed E-state index contributed by atoms with van der Waals surface area (Å²) in [4.78, 5) is 27.7. The number of carboxylic acids is 1. The molecule has 0 unspecified atom stereocenters. The van der Waals surface area contributed by atoms with Gasteiger partial charge in [-0.2, -0.15) is 13.2 Å². The van der Waals surface area contributed by atoms with Crippen LogP contribution >= 0.6 is 0 Å². The van der Waals surface area contributed by atoms with Gasteiger partial charge >= 0.3 is 12.1 Å². The molecule has 1 aliphatic rings. The zero-order valence-electron chi connectivity index (χ0n) is 17.1. The highest BCUT2D eigenvalue weighted by atomic mass is 19.4. The minimum atomic E-state index is -5.08. The number of halogens is 3. The summed E-state index contributed by atoms with van der Waals surface area (Å²) in [5.74, 6) is -2.27. The SMILES string of the molecule is CO[C@H]1CCN(C(=O)Cc2ccccn2)C[C@@H]1Cc1ccccc1.O=C(O)C(F)(F)F. The molecule has 2 aromatic rings. The van der Waals surface area contributed by atoms with Crippen LogP contribution < -0.4 is 0 Å². The summed E-state index contributed by atoms with van der Waals surface area (Å²) >= 11 is 0. The van der Waals surface area contributed by atoms with Crippen molar-refractivity contribution in [3.8, 4) is 0 Å². The third kappa shape index (κ3) is 8.01. The highest BCUT2D eigenvalue weighted by Gasteiger charge is 2.38. The van der Waals surface area contributed by atoms with E-state index in [2.05, 4.69) is 29.2 Å². The van der Waals surface area contributed by atoms with Crippen molar-refractivity contribution in [2.75, 3.05) is 20.2 Å². The number of carboxylic acid groups (broad SMARTS) is 1. The normalized spacial score (nSPS) is 18.6. The molecule has 0 aliphatic carbocycles. The molecule has 168 valence electrons. The van der Waals surface area contributed by atoms with Crippen LogP contribution in [-0.4, -0.2) is 59.3 Å². The quantitative estimate of drug-likeness (QED) is 0.775. The van der Waals surface area contributed by atoms with Crippen LogP contribution in [-0.2, 0) is 27.2 Å². The predicted molar refractivity (Wildman–Crippen MR) is 107 cm³/mol. The van der Waals surface area contributed by atoms with Crippen molar-refractivity contribution in [1.82, 2.24) is 9.88 Å². The van der Waals surface area contributed by atoms with Gasteiger partial charge in [0.1, 0.15) is 0 Å². The minimum Gasteiger partial charge on any atom is -0.475 e. The molecule has 2 atom stereocenters. The van der Waals surface area contributed by atoms with E-state index in [0.717, 1.165) is 31.6 Å². The van der Waals surface area contributed by atoms with Crippen molar-refractivity contribution < 1.29 is 32.6 Å². The van der Waals surface area contributed by atoms with Gasteiger partial charge in [0.05, 0.1) is 12.5 Å². The van der Waals surface area contributed by atoms with E-state index in [1.165, 1.54) is 5.56 Å². The number of nitrogens with zero attached hydrogens (tertiary/aromatic N) is 2. The van der Waals surface area contributed by atoms with Crippen LogP contribution in [0.3, 0.4) is 0 Å². The Kier molecular flexibility index (Phi) is 8.99. The molecule has 1 amide bonds. The molecule has 2 heterocycles. The topological polar surface area (TPSA) is 79.7 Å². The molecular formula is C22H25F3N2O4. The van der Waals surface area contributed by atoms with E-state index in [0.29, 0.717) is 12.3 Å². The lowest BCUT2D eigenvalue weighted by molar-refractivity contribution is -0.192. The third-order valence-corrected chi connectivity index (χ3v) is 4.96. The maximum absolute atomic E-state index is 12.6. The molecular weight excluding hydrogens is 413 g/mol. The summed E-state index contributed by atoms with van der Waals surface area (Å²) in [6.07, 6.45) is -0.937. The molecule has 0 spiro atoms. The first-order valence-electron chi connectivity index (χ1n) is 9.75. The van der Waals surface area contributed by atoms with E-state index in [-0.39, 0.29) is 12.0 Å². The number of alkyl halides is 3. The van der Waals surface area contributed by atoms with E-state index in [9.17, 15) is 18.0 Å². The van der Waals surface area contributed by atoms with E-state index in [1.54, 1.807) is 13.3 Å². The zero-order chi connectivity index (χ0) is 22.9. The highest BCUT2D eigenvalue weighted by Crippen LogP contribution is 2.24. The predicted octanol–water partition coefficient (Wildman–Crippen LogP) is 3.36. The molecule has 0 radical (unpaired) electrons. The first kappa shape index (κ1) is 24.3. The van der Waals surface area contributed by atoms with Crippen molar-refractivity contribution in [2.24, 2.45) is 5.92 Å². The maximum atomic E-state index is 12.6. The molecule has 1 N–H and O–H groups in total. The third-order valence-electron chi connectivity index (χ3n) is 4.96. The van der Waals surface area contributed by atoms with Crippen LogP contribution in [0.2, 0.25) is 0 Å². The number of carbonyl (C=O) groups is 2. The number of hydrogen-bond acceptors (Lipinski definition) is 4. The van der Waals surface area contributed by atoms with Crippen LogP contribution in [0.5, 0.6) is 0 Å². The van der Waals surface area contributed by atoms with Crippen LogP contribution in [0.1, 0.15) is 17.7 Å². The van der Waals surface area contributed by atoms with Gasteiger partial charge in [0, 0.05) is 38.0 Å². The van der Waals surface area contributed by atoms with Gasteiger partial charge in [-0.25, -0.2) is 4.79 Å². The number of aromatic nitrogens is 1. The van der Waals surface area contributed by atoms with Gasteiger partial charge in [-0.05, 0) is 30.5 Å². The lowest BCUT2D eigenvalue weighted by Crippen LogP contribution is -2.47. The molecule has 1 aliphatic heterocycles. The Hall–Kier alpha value is -2.94. The summed E-state index contributed by atoms with van der Waals surface area (Å²) in [6.45, 7) is 1.51. The Bertz CT molecular complexity index is 832. The number of rotatable bonds is 5. The first-order chi connectivity index (χ1) is 14.7.